The summed E-state index contributed by atoms with van der Waals surface area (Å²) in [6.45, 7) is 8.52. The van der Waals surface area contributed by atoms with E-state index in [2.05, 4.69) is 38.1 Å². The van der Waals surface area contributed by atoms with Crippen LogP contribution in [0, 0.1) is 0 Å². The lowest BCUT2D eigenvalue weighted by molar-refractivity contribution is 0.459. The average molecular weight is 226 g/mol. The maximum atomic E-state index is 5.94. The molecule has 1 aromatic heterocycles. The second-order valence-electron chi connectivity index (χ2n) is 5.16. The van der Waals surface area contributed by atoms with Gasteiger partial charge in [0.25, 0.3) is 0 Å². The van der Waals surface area contributed by atoms with Crippen LogP contribution in [0.15, 0.2) is 5.38 Å². The lowest BCUT2D eigenvalue weighted by Crippen LogP contribution is -2.31. The molecule has 0 aliphatic carbocycles. The summed E-state index contributed by atoms with van der Waals surface area (Å²) in [4.78, 5) is 4.61. The Morgan fingerprint density at radius 1 is 1.47 bits per heavy atom. The van der Waals surface area contributed by atoms with Crippen LogP contribution in [0.1, 0.15) is 57.2 Å². The van der Waals surface area contributed by atoms with Crippen molar-refractivity contribution < 1.29 is 0 Å². The molecular weight excluding hydrogens is 204 g/mol. The van der Waals surface area contributed by atoms with Gasteiger partial charge in [0.15, 0.2) is 0 Å². The van der Waals surface area contributed by atoms with Crippen LogP contribution in [0.5, 0.6) is 0 Å². The smallest absolute Gasteiger partial charge is 0.0928 e. The molecule has 0 fully saturated rings. The van der Waals surface area contributed by atoms with E-state index in [0.29, 0.717) is 5.92 Å². The van der Waals surface area contributed by atoms with Crippen LogP contribution in [-0.2, 0) is 6.42 Å². The Balaban J connectivity index is 2.38. The topological polar surface area (TPSA) is 38.9 Å². The third-order valence-corrected chi connectivity index (χ3v) is 3.30. The van der Waals surface area contributed by atoms with Crippen LogP contribution >= 0.6 is 11.3 Å². The van der Waals surface area contributed by atoms with E-state index in [0.717, 1.165) is 19.3 Å². The van der Waals surface area contributed by atoms with Gasteiger partial charge in [0.2, 0.25) is 0 Å². The number of nitrogens with zero attached hydrogens (tertiary/aromatic N) is 1. The van der Waals surface area contributed by atoms with E-state index in [1.54, 1.807) is 11.3 Å². The molecule has 0 aliphatic heterocycles. The van der Waals surface area contributed by atoms with Crippen molar-refractivity contribution in [1.29, 1.82) is 0 Å². The summed E-state index contributed by atoms with van der Waals surface area (Å²) in [5.41, 5.74) is 7.12. The van der Waals surface area contributed by atoms with Gasteiger partial charge in [0, 0.05) is 10.9 Å². The van der Waals surface area contributed by atoms with Crippen molar-refractivity contribution in [3.63, 3.8) is 0 Å². The molecule has 3 heteroatoms. The van der Waals surface area contributed by atoms with E-state index >= 15 is 0 Å². The van der Waals surface area contributed by atoms with Gasteiger partial charge >= 0.3 is 0 Å². The van der Waals surface area contributed by atoms with Crippen LogP contribution in [0.4, 0.5) is 0 Å². The van der Waals surface area contributed by atoms with Crippen molar-refractivity contribution in [2.75, 3.05) is 0 Å². The average Bonchev–Trinajstić information content (AvgIpc) is 2.50. The molecule has 0 amide bonds. The summed E-state index contributed by atoms with van der Waals surface area (Å²) in [5.74, 6) is 0.543. The first-order valence-corrected chi connectivity index (χ1v) is 6.49. The van der Waals surface area contributed by atoms with Gasteiger partial charge in [0.1, 0.15) is 0 Å². The molecular formula is C12H22N2S. The molecule has 0 aromatic carbocycles. The minimum atomic E-state index is -0.0435. The Bertz CT molecular complexity index is 297. The summed E-state index contributed by atoms with van der Waals surface area (Å²) < 4.78 is 0. The predicted molar refractivity (Wildman–Crippen MR) is 67.4 cm³/mol. The summed E-state index contributed by atoms with van der Waals surface area (Å²) in [6.07, 6.45) is 3.26. The second-order valence-corrected chi connectivity index (χ2v) is 6.11. The lowest BCUT2D eigenvalue weighted by Gasteiger charge is -2.17. The van der Waals surface area contributed by atoms with Crippen LogP contribution in [0.2, 0.25) is 0 Å². The van der Waals surface area contributed by atoms with Crippen LogP contribution in [0.25, 0.3) is 0 Å². The van der Waals surface area contributed by atoms with Gasteiger partial charge in [-0.25, -0.2) is 4.98 Å². The molecule has 0 spiro atoms. The van der Waals surface area contributed by atoms with Crippen molar-refractivity contribution in [2.45, 2.75) is 58.4 Å². The third kappa shape index (κ3) is 4.76. The zero-order valence-corrected chi connectivity index (χ0v) is 11.0. The molecule has 0 saturated carbocycles. The number of aryl methyl sites for hydroxylation is 1. The first-order chi connectivity index (χ1) is 6.88. The highest BCUT2D eigenvalue weighted by Gasteiger charge is 2.11. The van der Waals surface area contributed by atoms with E-state index < -0.39 is 0 Å². The van der Waals surface area contributed by atoms with Gasteiger partial charge in [-0.1, -0.05) is 13.8 Å². The van der Waals surface area contributed by atoms with E-state index in [9.17, 15) is 0 Å². The molecule has 1 heterocycles. The highest BCUT2D eigenvalue weighted by molar-refractivity contribution is 7.09. The first kappa shape index (κ1) is 12.7. The number of thiazole rings is 1. The largest absolute Gasteiger partial charge is 0.326 e. The highest BCUT2D eigenvalue weighted by atomic mass is 32.1. The molecule has 86 valence electrons. The van der Waals surface area contributed by atoms with Gasteiger partial charge in [-0.15, -0.1) is 11.3 Å². The van der Waals surface area contributed by atoms with E-state index in [4.69, 9.17) is 5.73 Å². The van der Waals surface area contributed by atoms with Gasteiger partial charge in [-0.05, 0) is 39.0 Å². The van der Waals surface area contributed by atoms with Crippen molar-refractivity contribution in [1.82, 2.24) is 4.98 Å². The van der Waals surface area contributed by atoms with Crippen molar-refractivity contribution in [2.24, 2.45) is 5.73 Å². The normalized spacial score (nSPS) is 12.4. The molecule has 0 saturated heterocycles. The Kier molecular flexibility index (Phi) is 4.29. The molecule has 0 radical (unpaired) electrons. The Morgan fingerprint density at radius 3 is 2.60 bits per heavy atom. The minimum Gasteiger partial charge on any atom is -0.326 e. The van der Waals surface area contributed by atoms with Gasteiger partial charge < -0.3 is 5.73 Å². The van der Waals surface area contributed by atoms with Crippen molar-refractivity contribution >= 4 is 11.3 Å². The van der Waals surface area contributed by atoms with E-state index in [-0.39, 0.29) is 5.54 Å². The number of nitrogens with two attached hydrogens (primary N) is 1. The molecule has 0 atom stereocenters. The maximum absolute atomic E-state index is 5.94. The fourth-order valence-corrected chi connectivity index (χ4v) is 2.40. The third-order valence-electron chi connectivity index (χ3n) is 2.37. The number of aromatic nitrogens is 1. The van der Waals surface area contributed by atoms with Crippen LogP contribution in [0.3, 0.4) is 0 Å². The Morgan fingerprint density at radius 2 is 2.13 bits per heavy atom. The summed E-state index contributed by atoms with van der Waals surface area (Å²) >= 11 is 1.78. The molecule has 0 aliphatic rings. The van der Waals surface area contributed by atoms with Crippen molar-refractivity contribution in [3.8, 4) is 0 Å². The molecule has 2 nitrogen and oxygen atoms in total. The quantitative estimate of drug-likeness (QED) is 0.836. The van der Waals surface area contributed by atoms with Crippen LogP contribution in [-0.4, -0.2) is 10.5 Å². The standard InChI is InChI=1S/C12H22N2S/c1-9(2)10-8-15-11(14-10)6-5-7-12(3,4)13/h8-9H,5-7,13H2,1-4H3. The fourth-order valence-electron chi connectivity index (χ4n) is 1.40. The zero-order valence-electron chi connectivity index (χ0n) is 10.2. The number of rotatable bonds is 5. The Hall–Kier alpha value is -0.410. The summed E-state index contributed by atoms with van der Waals surface area (Å²) in [6, 6.07) is 0. The zero-order chi connectivity index (χ0) is 11.5. The molecule has 1 rings (SSSR count). The minimum absolute atomic E-state index is 0.0435. The SMILES string of the molecule is CC(C)c1csc(CCCC(C)(C)N)n1. The predicted octanol–water partition coefficient (Wildman–Crippen LogP) is 3.33. The lowest BCUT2D eigenvalue weighted by atomic mass is 9.99. The van der Waals surface area contributed by atoms with Crippen LogP contribution < -0.4 is 5.73 Å². The molecule has 0 unspecified atom stereocenters. The highest BCUT2D eigenvalue weighted by Crippen LogP contribution is 2.20. The van der Waals surface area contributed by atoms with Gasteiger partial charge in [0.05, 0.1) is 10.7 Å². The maximum Gasteiger partial charge on any atom is 0.0928 e. The monoisotopic (exact) mass is 226 g/mol. The van der Waals surface area contributed by atoms with E-state index in [1.807, 2.05) is 0 Å². The van der Waals surface area contributed by atoms with Crippen molar-refractivity contribution in [3.05, 3.63) is 16.1 Å². The van der Waals surface area contributed by atoms with E-state index in [1.165, 1.54) is 10.7 Å². The number of hydrogen-bond acceptors (Lipinski definition) is 3. The molecule has 1 aromatic rings. The number of hydrogen-bond donors (Lipinski definition) is 1. The fraction of sp³-hybridized carbons (Fsp3) is 0.750. The van der Waals surface area contributed by atoms with Gasteiger partial charge in [-0.3, -0.25) is 0 Å². The first-order valence-electron chi connectivity index (χ1n) is 5.61. The Labute approximate surface area is 96.9 Å². The summed E-state index contributed by atoms with van der Waals surface area (Å²) in [7, 11) is 0. The second kappa shape index (κ2) is 5.08. The molecule has 2 N–H and O–H groups in total. The molecule has 0 bridgehead atoms. The molecule has 15 heavy (non-hydrogen) atoms. The summed E-state index contributed by atoms with van der Waals surface area (Å²) in [5, 5.41) is 3.43. The van der Waals surface area contributed by atoms with Gasteiger partial charge in [-0.2, -0.15) is 0 Å².